The molecule has 4 nitrogen and oxygen atoms in total. The number of hydrogen-bond acceptors (Lipinski definition) is 4. The number of fused-ring (bicyclic) bond motifs is 1. The van der Waals surface area contributed by atoms with Gasteiger partial charge in [0, 0.05) is 25.2 Å². The third-order valence-corrected chi connectivity index (χ3v) is 6.79. The molecular weight excluding hydrogens is 424 g/mol. The van der Waals surface area contributed by atoms with Crippen LogP contribution in [0, 0.1) is 0 Å². The van der Waals surface area contributed by atoms with Gasteiger partial charge in [-0.15, -0.1) is 0 Å². The maximum Gasteiger partial charge on any atom is 0.266 e. The molecule has 2 heterocycles. The number of thioether (sulfide) groups is 1. The highest BCUT2D eigenvalue weighted by atomic mass is 32.2. The van der Waals surface area contributed by atoms with Gasteiger partial charge in [-0.25, -0.2) is 0 Å². The molecule has 2 amide bonds. The minimum Gasteiger partial charge on any atom is -0.312 e. The summed E-state index contributed by atoms with van der Waals surface area (Å²) in [7, 11) is 0. The van der Waals surface area contributed by atoms with Crippen molar-refractivity contribution in [1.82, 2.24) is 4.90 Å². The Morgan fingerprint density at radius 3 is 2.71 bits per heavy atom. The first-order valence-electron chi connectivity index (χ1n) is 10.5. The summed E-state index contributed by atoms with van der Waals surface area (Å²) in [6, 6.07) is 18.0. The first-order valence-corrected chi connectivity index (χ1v) is 11.7. The summed E-state index contributed by atoms with van der Waals surface area (Å²) in [6.07, 6.45) is 8.64. The van der Waals surface area contributed by atoms with Crippen LogP contribution in [0.25, 0.3) is 6.08 Å². The van der Waals surface area contributed by atoms with Gasteiger partial charge in [0.15, 0.2) is 0 Å². The topological polar surface area (TPSA) is 40.6 Å². The van der Waals surface area contributed by atoms with Gasteiger partial charge in [-0.05, 0) is 42.5 Å². The van der Waals surface area contributed by atoms with Crippen LogP contribution in [0.5, 0.6) is 0 Å². The smallest absolute Gasteiger partial charge is 0.266 e. The minimum atomic E-state index is -0.0801. The fourth-order valence-corrected chi connectivity index (χ4v) is 5.09. The second-order valence-corrected chi connectivity index (χ2v) is 9.18. The molecule has 158 valence electrons. The van der Waals surface area contributed by atoms with E-state index < -0.39 is 0 Å². The predicted molar refractivity (Wildman–Crippen MR) is 132 cm³/mol. The SMILES string of the molecule is O=C1C(=CC=Cc2ccccc2)SC(=S)N1CCCC(=O)N1CCCc2ccccc21. The standard InChI is InChI=1S/C25H24N2O2S2/c28-23(26-17-7-13-20-12-4-5-14-21(20)26)16-8-18-27-24(29)22(31-25(27)30)15-6-11-19-9-2-1-3-10-19/h1-6,9-12,14-15H,7-8,13,16-18H2. The van der Waals surface area contributed by atoms with Gasteiger partial charge in [-0.1, -0.05) is 84.7 Å². The molecule has 2 aromatic rings. The third-order valence-electron chi connectivity index (χ3n) is 5.39. The van der Waals surface area contributed by atoms with Crippen LogP contribution in [0.15, 0.2) is 71.7 Å². The number of allylic oxidation sites excluding steroid dienone is 2. The first-order chi connectivity index (χ1) is 15.1. The molecule has 2 aromatic carbocycles. The van der Waals surface area contributed by atoms with Crippen LogP contribution in [0.1, 0.15) is 30.4 Å². The molecule has 2 aliphatic heterocycles. The molecular formula is C25H24N2O2S2. The zero-order valence-electron chi connectivity index (χ0n) is 17.2. The second kappa shape index (κ2) is 10.1. The Morgan fingerprint density at radius 1 is 1.10 bits per heavy atom. The zero-order chi connectivity index (χ0) is 21.6. The normalized spacial score (nSPS) is 17.6. The Balaban J connectivity index is 1.31. The highest BCUT2D eigenvalue weighted by Crippen LogP contribution is 2.32. The van der Waals surface area contributed by atoms with E-state index in [0.717, 1.165) is 30.6 Å². The van der Waals surface area contributed by atoms with E-state index in [1.165, 1.54) is 17.3 Å². The number of nitrogens with zero attached hydrogens (tertiary/aromatic N) is 2. The lowest BCUT2D eigenvalue weighted by Crippen LogP contribution is -2.36. The number of aryl methyl sites for hydroxylation is 1. The summed E-state index contributed by atoms with van der Waals surface area (Å²) in [5, 5.41) is 0. The van der Waals surface area contributed by atoms with Gasteiger partial charge in [0.1, 0.15) is 4.32 Å². The molecule has 0 atom stereocenters. The molecule has 0 unspecified atom stereocenters. The van der Waals surface area contributed by atoms with Crippen LogP contribution in [0.2, 0.25) is 0 Å². The summed E-state index contributed by atoms with van der Waals surface area (Å²) in [6.45, 7) is 1.22. The molecule has 0 N–H and O–H groups in total. The molecule has 0 radical (unpaired) electrons. The van der Waals surface area contributed by atoms with Crippen molar-refractivity contribution >= 4 is 51.9 Å². The molecule has 6 heteroatoms. The summed E-state index contributed by atoms with van der Waals surface area (Å²) in [5.74, 6) is 0.0300. The van der Waals surface area contributed by atoms with Crippen LogP contribution in [0.3, 0.4) is 0 Å². The first kappa shape index (κ1) is 21.5. The van der Waals surface area contributed by atoms with E-state index in [1.807, 2.05) is 71.7 Å². The lowest BCUT2D eigenvalue weighted by Gasteiger charge is -2.29. The fraction of sp³-hybridized carbons (Fsp3) is 0.240. The van der Waals surface area contributed by atoms with E-state index in [4.69, 9.17) is 12.2 Å². The van der Waals surface area contributed by atoms with Gasteiger partial charge in [-0.2, -0.15) is 0 Å². The van der Waals surface area contributed by atoms with Gasteiger partial charge < -0.3 is 4.90 Å². The average molecular weight is 449 g/mol. The number of carbonyl (C=O) groups excluding carboxylic acids is 2. The average Bonchev–Trinajstić information content (AvgIpc) is 3.07. The Morgan fingerprint density at radius 2 is 1.87 bits per heavy atom. The van der Waals surface area contributed by atoms with Crippen LogP contribution in [0.4, 0.5) is 5.69 Å². The number of carbonyl (C=O) groups is 2. The highest BCUT2D eigenvalue weighted by Gasteiger charge is 2.31. The minimum absolute atomic E-state index is 0.0801. The number of anilines is 1. The van der Waals surface area contributed by atoms with Crippen molar-refractivity contribution in [2.24, 2.45) is 0 Å². The van der Waals surface area contributed by atoms with E-state index in [1.54, 1.807) is 4.90 Å². The molecule has 0 bridgehead atoms. The molecule has 1 fully saturated rings. The molecule has 0 spiro atoms. The van der Waals surface area contributed by atoms with Gasteiger partial charge in [0.25, 0.3) is 5.91 Å². The summed E-state index contributed by atoms with van der Waals surface area (Å²) >= 11 is 6.72. The number of rotatable bonds is 6. The predicted octanol–water partition coefficient (Wildman–Crippen LogP) is 5.20. The molecule has 2 aliphatic rings. The highest BCUT2D eigenvalue weighted by molar-refractivity contribution is 8.26. The van der Waals surface area contributed by atoms with Gasteiger partial charge in [0.05, 0.1) is 4.91 Å². The van der Waals surface area contributed by atoms with E-state index in [9.17, 15) is 9.59 Å². The zero-order valence-corrected chi connectivity index (χ0v) is 18.8. The number of thiocarbonyl (C=S) groups is 1. The van der Waals surface area contributed by atoms with Crippen LogP contribution in [-0.2, 0) is 16.0 Å². The van der Waals surface area contributed by atoms with Crippen molar-refractivity contribution in [3.63, 3.8) is 0 Å². The van der Waals surface area contributed by atoms with Crippen LogP contribution in [-0.4, -0.2) is 34.1 Å². The van der Waals surface area contributed by atoms with Crippen LogP contribution >= 0.6 is 24.0 Å². The Hall–Kier alpha value is -2.70. The molecule has 0 aliphatic carbocycles. The van der Waals surface area contributed by atoms with Crippen molar-refractivity contribution in [3.8, 4) is 0 Å². The number of hydrogen-bond donors (Lipinski definition) is 0. The van der Waals surface area contributed by atoms with Crippen LogP contribution < -0.4 is 4.90 Å². The summed E-state index contributed by atoms with van der Waals surface area (Å²) < 4.78 is 0.556. The number of benzene rings is 2. The van der Waals surface area contributed by atoms with Crippen molar-refractivity contribution in [2.45, 2.75) is 25.7 Å². The summed E-state index contributed by atoms with van der Waals surface area (Å²) in [5.41, 5.74) is 3.33. The van der Waals surface area contributed by atoms with E-state index in [2.05, 4.69) is 6.07 Å². The summed E-state index contributed by atoms with van der Waals surface area (Å²) in [4.78, 5) is 29.6. The van der Waals surface area contributed by atoms with E-state index >= 15 is 0 Å². The van der Waals surface area contributed by atoms with E-state index in [-0.39, 0.29) is 11.8 Å². The molecule has 1 saturated heterocycles. The molecule has 0 saturated carbocycles. The maximum atomic E-state index is 12.8. The Bertz CT molecular complexity index is 1050. The van der Waals surface area contributed by atoms with Crippen molar-refractivity contribution < 1.29 is 9.59 Å². The third kappa shape index (κ3) is 5.14. The number of para-hydroxylation sites is 1. The van der Waals surface area contributed by atoms with Crippen molar-refractivity contribution in [3.05, 3.63) is 82.8 Å². The maximum absolute atomic E-state index is 12.8. The van der Waals surface area contributed by atoms with Gasteiger partial charge in [-0.3, -0.25) is 14.5 Å². The Labute approximate surface area is 192 Å². The monoisotopic (exact) mass is 448 g/mol. The second-order valence-electron chi connectivity index (χ2n) is 7.51. The molecule has 0 aromatic heterocycles. The van der Waals surface area contributed by atoms with Crippen molar-refractivity contribution in [2.75, 3.05) is 18.0 Å². The lowest BCUT2D eigenvalue weighted by molar-refractivity contribution is -0.123. The van der Waals surface area contributed by atoms with Gasteiger partial charge >= 0.3 is 0 Å². The Kier molecular flexibility index (Phi) is 6.99. The van der Waals surface area contributed by atoms with Crippen molar-refractivity contribution in [1.29, 1.82) is 0 Å². The van der Waals surface area contributed by atoms with E-state index in [0.29, 0.717) is 28.6 Å². The largest absolute Gasteiger partial charge is 0.312 e. The quantitative estimate of drug-likeness (QED) is 0.450. The number of amides is 2. The lowest BCUT2D eigenvalue weighted by atomic mass is 10.0. The molecule has 4 rings (SSSR count). The van der Waals surface area contributed by atoms with Gasteiger partial charge in [0.2, 0.25) is 5.91 Å². The fourth-order valence-electron chi connectivity index (χ4n) is 3.83. The molecule has 31 heavy (non-hydrogen) atoms.